The standard InChI is InChI=1S/C23H24N2O5S/c1-15(2)30-16-9-10-20(29-3)18(14-16)23(11-12-23)22(26)25-31(27,28)21-8-4-7-19-17(21)6-5-13-24-19/h4-10,13-15H,11-12H2,1-3H3,(H,25,26). The molecule has 1 heterocycles. The zero-order valence-corrected chi connectivity index (χ0v) is 18.4. The van der Waals surface area contributed by atoms with Gasteiger partial charge in [0.2, 0.25) is 5.91 Å². The Morgan fingerprint density at radius 3 is 2.58 bits per heavy atom. The van der Waals surface area contributed by atoms with Gasteiger partial charge in [-0.05, 0) is 69.2 Å². The predicted molar refractivity (Wildman–Crippen MR) is 117 cm³/mol. The molecular weight excluding hydrogens is 416 g/mol. The Morgan fingerprint density at radius 2 is 1.90 bits per heavy atom. The number of nitrogens with one attached hydrogen (secondary N) is 1. The molecule has 1 aliphatic carbocycles. The maximum atomic E-state index is 13.3. The summed E-state index contributed by atoms with van der Waals surface area (Å²) in [7, 11) is -2.57. The van der Waals surface area contributed by atoms with Gasteiger partial charge in [-0.2, -0.15) is 0 Å². The Morgan fingerprint density at radius 1 is 1.13 bits per heavy atom. The van der Waals surface area contributed by atoms with Crippen molar-refractivity contribution in [2.24, 2.45) is 0 Å². The Balaban J connectivity index is 1.68. The minimum atomic E-state index is -4.10. The smallest absolute Gasteiger partial charge is 0.264 e. The quantitative estimate of drug-likeness (QED) is 0.604. The normalized spacial score (nSPS) is 15.0. The molecule has 1 aliphatic rings. The van der Waals surface area contributed by atoms with E-state index in [1.807, 2.05) is 13.8 Å². The number of carbonyl (C=O) groups excluding carboxylic acids is 1. The van der Waals surface area contributed by atoms with Crippen LogP contribution >= 0.6 is 0 Å². The van der Waals surface area contributed by atoms with E-state index in [-0.39, 0.29) is 11.0 Å². The van der Waals surface area contributed by atoms with Crippen molar-refractivity contribution in [3.8, 4) is 11.5 Å². The van der Waals surface area contributed by atoms with Gasteiger partial charge in [0.25, 0.3) is 10.0 Å². The van der Waals surface area contributed by atoms with Gasteiger partial charge in [-0.1, -0.05) is 6.07 Å². The van der Waals surface area contributed by atoms with E-state index in [4.69, 9.17) is 9.47 Å². The van der Waals surface area contributed by atoms with E-state index in [9.17, 15) is 13.2 Å². The molecule has 2 aromatic carbocycles. The Hall–Kier alpha value is -3.13. The van der Waals surface area contributed by atoms with Crippen LogP contribution in [0.4, 0.5) is 0 Å². The van der Waals surface area contributed by atoms with Gasteiger partial charge in [0.1, 0.15) is 11.5 Å². The monoisotopic (exact) mass is 440 g/mol. The summed E-state index contributed by atoms with van der Waals surface area (Å²) >= 11 is 0. The number of benzene rings is 2. The fourth-order valence-electron chi connectivity index (χ4n) is 3.73. The molecule has 8 heteroatoms. The third-order valence-corrected chi connectivity index (χ3v) is 6.75. The molecule has 1 amide bonds. The molecule has 0 spiro atoms. The predicted octanol–water partition coefficient (Wildman–Crippen LogP) is 3.57. The first-order valence-electron chi connectivity index (χ1n) is 10.0. The Labute approximate surface area is 181 Å². The lowest BCUT2D eigenvalue weighted by Gasteiger charge is -2.20. The molecule has 4 rings (SSSR count). The van der Waals surface area contributed by atoms with E-state index in [2.05, 4.69) is 9.71 Å². The van der Waals surface area contributed by atoms with Gasteiger partial charge in [-0.3, -0.25) is 9.78 Å². The molecule has 162 valence electrons. The molecule has 0 unspecified atom stereocenters. The average Bonchev–Trinajstić information content (AvgIpc) is 3.54. The first-order valence-corrected chi connectivity index (χ1v) is 11.5. The van der Waals surface area contributed by atoms with Gasteiger partial charge in [0.15, 0.2) is 0 Å². The van der Waals surface area contributed by atoms with Crippen LogP contribution in [0.15, 0.2) is 59.6 Å². The molecule has 1 N–H and O–H groups in total. The molecule has 0 bridgehead atoms. The number of pyridine rings is 1. The van der Waals surface area contributed by atoms with Crippen LogP contribution in [-0.2, 0) is 20.2 Å². The lowest BCUT2D eigenvalue weighted by atomic mass is 9.94. The second-order valence-electron chi connectivity index (χ2n) is 7.87. The molecule has 31 heavy (non-hydrogen) atoms. The summed E-state index contributed by atoms with van der Waals surface area (Å²) < 4.78 is 39.7. The van der Waals surface area contributed by atoms with Crippen molar-refractivity contribution in [3.63, 3.8) is 0 Å². The number of sulfonamides is 1. The minimum Gasteiger partial charge on any atom is -0.496 e. The van der Waals surface area contributed by atoms with Crippen molar-refractivity contribution in [2.75, 3.05) is 7.11 Å². The highest BCUT2D eigenvalue weighted by Crippen LogP contribution is 2.52. The molecule has 0 radical (unpaired) electrons. The van der Waals surface area contributed by atoms with Crippen LogP contribution in [0, 0.1) is 0 Å². The lowest BCUT2D eigenvalue weighted by molar-refractivity contribution is -0.121. The van der Waals surface area contributed by atoms with E-state index in [0.717, 1.165) is 0 Å². The number of nitrogens with zero attached hydrogens (tertiary/aromatic N) is 1. The zero-order chi connectivity index (χ0) is 22.2. The number of methoxy groups -OCH3 is 1. The van der Waals surface area contributed by atoms with E-state index >= 15 is 0 Å². The molecule has 1 fully saturated rings. The number of amides is 1. The number of ether oxygens (including phenoxy) is 2. The second kappa shape index (κ2) is 7.85. The van der Waals surface area contributed by atoms with Gasteiger partial charge < -0.3 is 9.47 Å². The number of rotatable bonds is 7. The summed E-state index contributed by atoms with van der Waals surface area (Å²) in [6.45, 7) is 3.82. The van der Waals surface area contributed by atoms with Crippen LogP contribution < -0.4 is 14.2 Å². The van der Waals surface area contributed by atoms with Crippen molar-refractivity contribution < 1.29 is 22.7 Å². The van der Waals surface area contributed by atoms with Gasteiger partial charge >= 0.3 is 0 Å². The number of hydrogen-bond donors (Lipinski definition) is 1. The summed E-state index contributed by atoms with van der Waals surface area (Å²) in [4.78, 5) is 17.5. The number of carbonyl (C=O) groups is 1. The van der Waals surface area contributed by atoms with Crippen LogP contribution in [0.25, 0.3) is 10.9 Å². The van der Waals surface area contributed by atoms with Gasteiger partial charge in [-0.25, -0.2) is 13.1 Å². The van der Waals surface area contributed by atoms with E-state index < -0.39 is 21.3 Å². The van der Waals surface area contributed by atoms with E-state index in [1.165, 1.54) is 13.2 Å². The molecular formula is C23H24N2O5S. The molecule has 0 saturated heterocycles. The fourth-order valence-corrected chi connectivity index (χ4v) is 5.00. The van der Waals surface area contributed by atoms with Crippen LogP contribution in [0.5, 0.6) is 11.5 Å². The highest BCUT2D eigenvalue weighted by Gasteiger charge is 2.54. The highest BCUT2D eigenvalue weighted by atomic mass is 32.2. The lowest BCUT2D eigenvalue weighted by Crippen LogP contribution is -2.39. The maximum absolute atomic E-state index is 13.3. The van der Waals surface area contributed by atoms with Crippen molar-refractivity contribution in [3.05, 3.63) is 60.3 Å². The van der Waals surface area contributed by atoms with E-state index in [1.54, 1.807) is 48.7 Å². The Bertz CT molecular complexity index is 1240. The zero-order valence-electron chi connectivity index (χ0n) is 17.6. The van der Waals surface area contributed by atoms with Crippen LogP contribution in [-0.4, -0.2) is 32.5 Å². The van der Waals surface area contributed by atoms with Gasteiger partial charge in [0, 0.05) is 17.1 Å². The average molecular weight is 441 g/mol. The molecule has 0 atom stereocenters. The summed E-state index contributed by atoms with van der Waals surface area (Å²) in [6.07, 6.45) is 2.60. The topological polar surface area (TPSA) is 94.6 Å². The highest BCUT2D eigenvalue weighted by molar-refractivity contribution is 7.90. The number of aromatic nitrogens is 1. The fraction of sp³-hybridized carbons (Fsp3) is 0.304. The van der Waals surface area contributed by atoms with Crippen LogP contribution in [0.1, 0.15) is 32.3 Å². The first kappa shape index (κ1) is 21.1. The Kier molecular flexibility index (Phi) is 5.35. The number of hydrogen-bond acceptors (Lipinski definition) is 6. The summed E-state index contributed by atoms with van der Waals surface area (Å²) in [5, 5.41) is 0.458. The molecule has 0 aliphatic heterocycles. The van der Waals surface area contributed by atoms with E-state index in [0.29, 0.717) is 40.8 Å². The first-order chi connectivity index (χ1) is 14.8. The maximum Gasteiger partial charge on any atom is 0.264 e. The SMILES string of the molecule is COc1ccc(OC(C)C)cc1C1(C(=O)NS(=O)(=O)c2cccc3ncccc23)CC1. The van der Waals surface area contributed by atoms with Crippen LogP contribution in [0.3, 0.4) is 0 Å². The molecule has 3 aromatic rings. The van der Waals surface area contributed by atoms with Crippen molar-refractivity contribution >= 4 is 26.8 Å². The molecule has 7 nitrogen and oxygen atoms in total. The molecule has 1 aromatic heterocycles. The number of fused-ring (bicyclic) bond motifs is 1. The summed E-state index contributed by atoms with van der Waals surface area (Å²) in [5.74, 6) is 0.553. The van der Waals surface area contributed by atoms with Crippen molar-refractivity contribution in [1.29, 1.82) is 0 Å². The molecule has 1 saturated carbocycles. The minimum absolute atomic E-state index is 0.0195. The van der Waals surface area contributed by atoms with Crippen LogP contribution in [0.2, 0.25) is 0 Å². The van der Waals surface area contributed by atoms with Gasteiger partial charge in [0.05, 0.1) is 29.0 Å². The third kappa shape index (κ3) is 3.95. The largest absolute Gasteiger partial charge is 0.496 e. The second-order valence-corrected chi connectivity index (χ2v) is 9.52. The van der Waals surface area contributed by atoms with Gasteiger partial charge in [-0.15, -0.1) is 0 Å². The van der Waals surface area contributed by atoms with Crippen molar-refractivity contribution in [2.45, 2.75) is 43.1 Å². The summed E-state index contributed by atoms with van der Waals surface area (Å²) in [6, 6.07) is 13.4. The third-order valence-electron chi connectivity index (χ3n) is 5.37. The summed E-state index contributed by atoms with van der Waals surface area (Å²) in [5.41, 5.74) is 0.192. The van der Waals surface area contributed by atoms with Crippen molar-refractivity contribution in [1.82, 2.24) is 9.71 Å².